The zero-order valence-corrected chi connectivity index (χ0v) is 16.2. The fourth-order valence-electron chi connectivity index (χ4n) is 4.59. The number of halogens is 1. The number of esters is 1. The number of carbonyl (C=O) groups excluding carboxylic acids is 2. The average molecular weight is 375 g/mol. The molecule has 1 aromatic rings. The van der Waals surface area contributed by atoms with Gasteiger partial charge in [-0.15, -0.1) is 0 Å². The zero-order valence-electron chi connectivity index (χ0n) is 16.2. The van der Waals surface area contributed by atoms with E-state index in [0.717, 1.165) is 37.7 Å². The molecular formula is C22H30FNO3. The lowest BCUT2D eigenvalue weighted by Gasteiger charge is -2.42. The van der Waals surface area contributed by atoms with Crippen LogP contribution in [-0.4, -0.2) is 36.5 Å². The van der Waals surface area contributed by atoms with Gasteiger partial charge in [-0.3, -0.25) is 9.59 Å². The fourth-order valence-corrected chi connectivity index (χ4v) is 4.59. The lowest BCUT2D eigenvalue weighted by Crippen LogP contribution is -2.53. The van der Waals surface area contributed by atoms with E-state index >= 15 is 0 Å². The quantitative estimate of drug-likeness (QED) is 0.727. The molecule has 1 aliphatic heterocycles. The summed E-state index contributed by atoms with van der Waals surface area (Å²) in [7, 11) is 0. The van der Waals surface area contributed by atoms with E-state index in [4.69, 9.17) is 4.74 Å². The first-order valence-corrected chi connectivity index (χ1v) is 10.2. The first-order valence-electron chi connectivity index (χ1n) is 10.2. The van der Waals surface area contributed by atoms with Crippen LogP contribution in [0.1, 0.15) is 57.4 Å². The Morgan fingerprint density at radius 3 is 2.52 bits per heavy atom. The van der Waals surface area contributed by atoms with Gasteiger partial charge in [0.15, 0.2) is 0 Å². The molecule has 27 heavy (non-hydrogen) atoms. The zero-order chi connectivity index (χ0) is 19.3. The topological polar surface area (TPSA) is 46.6 Å². The number of hydrogen-bond acceptors (Lipinski definition) is 3. The summed E-state index contributed by atoms with van der Waals surface area (Å²) < 4.78 is 18.7. The van der Waals surface area contributed by atoms with E-state index in [9.17, 15) is 14.0 Å². The molecule has 2 fully saturated rings. The van der Waals surface area contributed by atoms with E-state index < -0.39 is 5.41 Å². The molecule has 3 rings (SSSR count). The highest BCUT2D eigenvalue weighted by Crippen LogP contribution is 2.37. The minimum atomic E-state index is -0.740. The number of carbonyl (C=O) groups is 2. The van der Waals surface area contributed by atoms with E-state index in [1.54, 1.807) is 19.1 Å². The summed E-state index contributed by atoms with van der Waals surface area (Å²) in [6, 6.07) is 6.28. The standard InChI is InChI=1S/C22H30FNO3/c1-2-27-21(26)22(15-17-9-11-19(23)12-10-17)13-6-14-24(16-22)20(25)18-7-4-3-5-8-18/h9-12,18H,2-8,13-16H2,1H3/t22-/m0/s1. The molecule has 1 aliphatic carbocycles. The number of rotatable bonds is 5. The Balaban J connectivity index is 1.79. The highest BCUT2D eigenvalue weighted by molar-refractivity contribution is 5.82. The Kier molecular flexibility index (Phi) is 6.51. The predicted octanol–water partition coefficient (Wildman–Crippen LogP) is 4.12. The molecular weight excluding hydrogens is 345 g/mol. The maximum Gasteiger partial charge on any atom is 0.314 e. The van der Waals surface area contributed by atoms with Crippen LogP contribution in [0.3, 0.4) is 0 Å². The van der Waals surface area contributed by atoms with Gasteiger partial charge in [-0.2, -0.15) is 0 Å². The Labute approximate surface area is 161 Å². The van der Waals surface area contributed by atoms with Gasteiger partial charge in [0, 0.05) is 19.0 Å². The number of nitrogens with zero attached hydrogens (tertiary/aromatic N) is 1. The van der Waals surface area contributed by atoms with Crippen LogP contribution in [0.5, 0.6) is 0 Å². The molecule has 4 nitrogen and oxygen atoms in total. The number of piperidine rings is 1. The van der Waals surface area contributed by atoms with Gasteiger partial charge in [0.05, 0.1) is 12.0 Å². The van der Waals surface area contributed by atoms with Crippen LogP contribution in [0.15, 0.2) is 24.3 Å². The molecule has 1 amide bonds. The molecule has 148 valence electrons. The molecule has 1 aromatic carbocycles. The summed E-state index contributed by atoms with van der Waals surface area (Å²) in [5, 5.41) is 0. The van der Waals surface area contributed by atoms with Crippen molar-refractivity contribution in [2.75, 3.05) is 19.7 Å². The third-order valence-electron chi connectivity index (χ3n) is 6.01. The number of likely N-dealkylation sites (tertiary alicyclic amines) is 1. The van der Waals surface area contributed by atoms with Crippen molar-refractivity contribution < 1.29 is 18.7 Å². The smallest absolute Gasteiger partial charge is 0.314 e. The molecule has 0 spiro atoms. The molecule has 0 aromatic heterocycles. The summed E-state index contributed by atoms with van der Waals surface area (Å²) in [4.78, 5) is 27.8. The molecule has 1 saturated heterocycles. The molecule has 1 heterocycles. The number of benzene rings is 1. The van der Waals surface area contributed by atoms with Gasteiger partial charge < -0.3 is 9.64 Å². The summed E-state index contributed by atoms with van der Waals surface area (Å²) in [5.74, 6) is -0.234. The van der Waals surface area contributed by atoms with Gasteiger partial charge >= 0.3 is 5.97 Å². The predicted molar refractivity (Wildman–Crippen MR) is 102 cm³/mol. The van der Waals surface area contributed by atoms with Crippen molar-refractivity contribution in [2.24, 2.45) is 11.3 Å². The molecule has 1 saturated carbocycles. The van der Waals surface area contributed by atoms with E-state index in [2.05, 4.69) is 0 Å². The van der Waals surface area contributed by atoms with E-state index in [0.29, 0.717) is 32.5 Å². The molecule has 1 atom stereocenters. The minimum absolute atomic E-state index is 0.0996. The minimum Gasteiger partial charge on any atom is -0.466 e. The Morgan fingerprint density at radius 2 is 1.85 bits per heavy atom. The molecule has 0 bridgehead atoms. The van der Waals surface area contributed by atoms with Crippen LogP contribution in [0.4, 0.5) is 4.39 Å². The van der Waals surface area contributed by atoms with Crippen LogP contribution in [0.2, 0.25) is 0 Å². The summed E-state index contributed by atoms with van der Waals surface area (Å²) >= 11 is 0. The van der Waals surface area contributed by atoms with Gasteiger partial charge in [-0.25, -0.2) is 4.39 Å². The first kappa shape index (κ1) is 19.8. The second-order valence-electron chi connectivity index (χ2n) is 8.00. The Morgan fingerprint density at radius 1 is 1.15 bits per heavy atom. The lowest BCUT2D eigenvalue weighted by atomic mass is 9.74. The molecule has 5 heteroatoms. The van der Waals surface area contributed by atoms with Crippen LogP contribution >= 0.6 is 0 Å². The first-order chi connectivity index (χ1) is 13.0. The van der Waals surface area contributed by atoms with Gasteiger partial charge in [0.25, 0.3) is 0 Å². The van der Waals surface area contributed by atoms with Gasteiger partial charge in [0.1, 0.15) is 5.82 Å². The van der Waals surface area contributed by atoms with Gasteiger partial charge in [-0.1, -0.05) is 31.4 Å². The number of hydrogen-bond donors (Lipinski definition) is 0. The van der Waals surface area contributed by atoms with Crippen LogP contribution < -0.4 is 0 Å². The fraction of sp³-hybridized carbons (Fsp3) is 0.636. The van der Waals surface area contributed by atoms with Crippen molar-refractivity contribution >= 4 is 11.9 Å². The largest absolute Gasteiger partial charge is 0.466 e. The number of amides is 1. The van der Waals surface area contributed by atoms with E-state index in [-0.39, 0.29) is 23.6 Å². The highest BCUT2D eigenvalue weighted by Gasteiger charge is 2.45. The summed E-state index contributed by atoms with van der Waals surface area (Å²) in [6.45, 7) is 3.23. The van der Waals surface area contributed by atoms with E-state index in [1.165, 1.54) is 18.6 Å². The van der Waals surface area contributed by atoms with Crippen LogP contribution in [-0.2, 0) is 20.7 Å². The third kappa shape index (κ3) is 4.69. The Hall–Kier alpha value is -1.91. The second-order valence-corrected chi connectivity index (χ2v) is 8.00. The maximum atomic E-state index is 13.3. The van der Waals surface area contributed by atoms with Gasteiger partial charge in [0.2, 0.25) is 5.91 Å². The number of ether oxygens (including phenoxy) is 1. The van der Waals surface area contributed by atoms with Crippen molar-refractivity contribution in [3.05, 3.63) is 35.6 Å². The lowest BCUT2D eigenvalue weighted by molar-refractivity contribution is -0.161. The van der Waals surface area contributed by atoms with Gasteiger partial charge in [-0.05, 0) is 56.7 Å². The second kappa shape index (κ2) is 8.85. The molecule has 2 aliphatic rings. The maximum absolute atomic E-state index is 13.3. The van der Waals surface area contributed by atoms with Crippen LogP contribution in [0.25, 0.3) is 0 Å². The van der Waals surface area contributed by atoms with Crippen molar-refractivity contribution in [3.63, 3.8) is 0 Å². The normalized spacial score (nSPS) is 23.9. The van der Waals surface area contributed by atoms with Crippen molar-refractivity contribution in [3.8, 4) is 0 Å². The summed E-state index contributed by atoms with van der Waals surface area (Å²) in [6.07, 6.45) is 7.31. The molecule has 0 N–H and O–H groups in total. The van der Waals surface area contributed by atoms with E-state index in [1.807, 2.05) is 4.90 Å². The van der Waals surface area contributed by atoms with Crippen molar-refractivity contribution in [1.29, 1.82) is 0 Å². The molecule has 0 radical (unpaired) electrons. The van der Waals surface area contributed by atoms with Crippen molar-refractivity contribution in [1.82, 2.24) is 4.90 Å². The third-order valence-corrected chi connectivity index (χ3v) is 6.01. The Bertz CT molecular complexity index is 654. The summed E-state index contributed by atoms with van der Waals surface area (Å²) in [5.41, 5.74) is 0.160. The average Bonchev–Trinajstić information content (AvgIpc) is 2.70. The molecule has 0 unspecified atom stereocenters. The monoisotopic (exact) mass is 375 g/mol. The van der Waals surface area contributed by atoms with Crippen molar-refractivity contribution in [2.45, 2.75) is 58.3 Å². The SMILES string of the molecule is CCOC(=O)[C@]1(Cc2ccc(F)cc2)CCCN(C(=O)C2CCCCC2)C1. The van der Waals surface area contributed by atoms with Crippen LogP contribution in [0, 0.1) is 17.2 Å². The highest BCUT2D eigenvalue weighted by atomic mass is 19.1.